The second-order valence-corrected chi connectivity index (χ2v) is 6.95. The molecule has 1 amide bonds. The Labute approximate surface area is 153 Å². The molecule has 2 heterocycles. The number of benzene rings is 1. The first-order valence-corrected chi connectivity index (χ1v) is 9.07. The van der Waals surface area contributed by atoms with Gasteiger partial charge >= 0.3 is 5.97 Å². The standard InChI is InChI=1S/C20H25NO5/c1-13(2)18(19(22)21-11-16-7-5-9-24-16)26-20(23)15-10-14-6-3-4-8-17(14)25-12-15/h3-4,6,8,10,13,16,18H,5,7,9,11-12H2,1-2H3,(H,21,22)/t16-,18-/m1/s1. The highest BCUT2D eigenvalue weighted by Gasteiger charge is 2.29. The minimum Gasteiger partial charge on any atom is -0.488 e. The van der Waals surface area contributed by atoms with Crippen LogP contribution in [-0.2, 0) is 19.1 Å². The molecule has 1 fully saturated rings. The van der Waals surface area contributed by atoms with Gasteiger partial charge in [0.1, 0.15) is 12.4 Å². The van der Waals surface area contributed by atoms with Crippen LogP contribution in [0.15, 0.2) is 29.8 Å². The van der Waals surface area contributed by atoms with Gasteiger partial charge in [-0.3, -0.25) is 4.79 Å². The number of fused-ring (bicyclic) bond motifs is 1. The van der Waals surface area contributed by atoms with E-state index in [1.54, 1.807) is 6.08 Å². The first-order chi connectivity index (χ1) is 12.5. The molecule has 140 valence electrons. The second kappa shape index (κ2) is 8.36. The Bertz CT molecular complexity index is 691. The SMILES string of the molecule is CC(C)[C@@H](OC(=O)C1=Cc2ccccc2OC1)C(=O)NC[C@H]1CCCO1. The maximum absolute atomic E-state index is 12.5. The van der Waals surface area contributed by atoms with Gasteiger partial charge in [-0.1, -0.05) is 32.0 Å². The lowest BCUT2D eigenvalue weighted by molar-refractivity contribution is -0.155. The van der Waals surface area contributed by atoms with Gasteiger partial charge in [-0.05, 0) is 30.9 Å². The average Bonchev–Trinajstić information content (AvgIpc) is 3.17. The van der Waals surface area contributed by atoms with Crippen molar-refractivity contribution >= 4 is 18.0 Å². The topological polar surface area (TPSA) is 73.9 Å². The van der Waals surface area contributed by atoms with Gasteiger partial charge in [-0.25, -0.2) is 4.79 Å². The highest BCUT2D eigenvalue weighted by atomic mass is 16.6. The number of rotatable bonds is 6. The van der Waals surface area contributed by atoms with E-state index in [0.717, 1.165) is 30.8 Å². The zero-order valence-electron chi connectivity index (χ0n) is 15.2. The van der Waals surface area contributed by atoms with Crippen LogP contribution in [0, 0.1) is 5.92 Å². The van der Waals surface area contributed by atoms with E-state index in [1.807, 2.05) is 38.1 Å². The van der Waals surface area contributed by atoms with Crippen LogP contribution in [0.5, 0.6) is 5.75 Å². The molecule has 2 atom stereocenters. The van der Waals surface area contributed by atoms with Crippen molar-refractivity contribution in [1.82, 2.24) is 5.32 Å². The normalized spacial score (nSPS) is 20.0. The molecule has 1 saturated heterocycles. The van der Waals surface area contributed by atoms with Crippen LogP contribution in [0.2, 0.25) is 0 Å². The Balaban J connectivity index is 1.61. The third-order valence-electron chi connectivity index (χ3n) is 4.52. The van der Waals surface area contributed by atoms with Gasteiger partial charge < -0.3 is 19.5 Å². The summed E-state index contributed by atoms with van der Waals surface area (Å²) >= 11 is 0. The van der Waals surface area contributed by atoms with E-state index in [2.05, 4.69) is 5.32 Å². The van der Waals surface area contributed by atoms with Crippen LogP contribution < -0.4 is 10.1 Å². The van der Waals surface area contributed by atoms with Gasteiger partial charge in [0.15, 0.2) is 6.10 Å². The van der Waals surface area contributed by atoms with Crippen molar-refractivity contribution < 1.29 is 23.8 Å². The van der Waals surface area contributed by atoms with Crippen LogP contribution in [0.3, 0.4) is 0 Å². The van der Waals surface area contributed by atoms with Crippen LogP contribution in [0.4, 0.5) is 0 Å². The fourth-order valence-electron chi connectivity index (χ4n) is 3.04. The first kappa shape index (κ1) is 18.5. The lowest BCUT2D eigenvalue weighted by Crippen LogP contribution is -2.44. The summed E-state index contributed by atoms with van der Waals surface area (Å²) in [6, 6.07) is 7.48. The zero-order valence-corrected chi connectivity index (χ0v) is 15.2. The molecule has 2 aliphatic rings. The fraction of sp³-hybridized carbons (Fsp3) is 0.500. The van der Waals surface area contributed by atoms with E-state index in [-0.39, 0.29) is 24.5 Å². The Kier molecular flexibility index (Phi) is 5.93. The average molecular weight is 359 g/mol. The molecule has 26 heavy (non-hydrogen) atoms. The van der Waals surface area contributed by atoms with Crippen molar-refractivity contribution in [1.29, 1.82) is 0 Å². The summed E-state index contributed by atoms with van der Waals surface area (Å²) < 4.78 is 16.6. The highest BCUT2D eigenvalue weighted by Crippen LogP contribution is 2.26. The molecule has 0 radical (unpaired) electrons. The maximum atomic E-state index is 12.5. The van der Waals surface area contributed by atoms with Crippen molar-refractivity contribution in [3.63, 3.8) is 0 Å². The summed E-state index contributed by atoms with van der Waals surface area (Å²) in [6.45, 7) is 5.02. The second-order valence-electron chi connectivity index (χ2n) is 6.95. The summed E-state index contributed by atoms with van der Waals surface area (Å²) in [5.41, 5.74) is 1.23. The number of carbonyl (C=O) groups is 2. The molecule has 0 saturated carbocycles. The summed E-state index contributed by atoms with van der Waals surface area (Å²) in [7, 11) is 0. The number of amides is 1. The van der Waals surface area contributed by atoms with Gasteiger partial charge in [0, 0.05) is 18.7 Å². The third-order valence-corrected chi connectivity index (χ3v) is 4.52. The highest BCUT2D eigenvalue weighted by molar-refractivity contribution is 5.97. The summed E-state index contributed by atoms with van der Waals surface area (Å²) in [5.74, 6) is -0.216. The van der Waals surface area contributed by atoms with Gasteiger partial charge in [-0.15, -0.1) is 0 Å². The number of carbonyl (C=O) groups excluding carboxylic acids is 2. The largest absolute Gasteiger partial charge is 0.488 e. The molecule has 1 aromatic rings. The van der Waals surface area contributed by atoms with Crippen LogP contribution in [-0.4, -0.2) is 43.8 Å². The molecule has 6 heteroatoms. The van der Waals surface area contributed by atoms with E-state index in [4.69, 9.17) is 14.2 Å². The zero-order chi connectivity index (χ0) is 18.5. The smallest absolute Gasteiger partial charge is 0.338 e. The monoisotopic (exact) mass is 359 g/mol. The Hall–Kier alpha value is -2.34. The Morgan fingerprint density at radius 3 is 2.85 bits per heavy atom. The molecular formula is C20H25NO5. The maximum Gasteiger partial charge on any atom is 0.338 e. The van der Waals surface area contributed by atoms with E-state index in [0.29, 0.717) is 12.1 Å². The quantitative estimate of drug-likeness (QED) is 0.789. The molecule has 0 aromatic heterocycles. The molecule has 0 spiro atoms. The van der Waals surface area contributed by atoms with Crippen molar-refractivity contribution in [2.45, 2.75) is 38.9 Å². The molecule has 1 N–H and O–H groups in total. The van der Waals surface area contributed by atoms with Crippen molar-refractivity contribution in [2.24, 2.45) is 5.92 Å². The molecule has 0 aliphatic carbocycles. The summed E-state index contributed by atoms with van der Waals surface area (Å²) in [4.78, 5) is 25.0. The molecule has 3 rings (SSSR count). The lowest BCUT2D eigenvalue weighted by atomic mass is 10.1. The van der Waals surface area contributed by atoms with Gasteiger partial charge in [0.2, 0.25) is 0 Å². The third kappa shape index (κ3) is 4.43. The minimum atomic E-state index is -0.845. The summed E-state index contributed by atoms with van der Waals surface area (Å²) in [6.07, 6.45) is 2.91. The predicted molar refractivity (Wildman–Crippen MR) is 96.6 cm³/mol. The van der Waals surface area contributed by atoms with Gasteiger partial charge in [-0.2, -0.15) is 0 Å². The molecular weight excluding hydrogens is 334 g/mol. The predicted octanol–water partition coefficient (Wildman–Crippen LogP) is 2.33. The fourth-order valence-corrected chi connectivity index (χ4v) is 3.04. The van der Waals surface area contributed by atoms with E-state index in [1.165, 1.54) is 0 Å². The van der Waals surface area contributed by atoms with Crippen LogP contribution >= 0.6 is 0 Å². The lowest BCUT2D eigenvalue weighted by Gasteiger charge is -2.23. The van der Waals surface area contributed by atoms with Crippen molar-refractivity contribution in [3.8, 4) is 5.75 Å². The number of nitrogens with one attached hydrogen (secondary N) is 1. The van der Waals surface area contributed by atoms with Crippen LogP contribution in [0.1, 0.15) is 32.3 Å². The molecule has 6 nitrogen and oxygen atoms in total. The summed E-state index contributed by atoms with van der Waals surface area (Å²) in [5, 5.41) is 2.84. The number of ether oxygens (including phenoxy) is 3. The molecule has 0 unspecified atom stereocenters. The number of hydrogen-bond acceptors (Lipinski definition) is 5. The van der Waals surface area contributed by atoms with Crippen molar-refractivity contribution in [3.05, 3.63) is 35.4 Å². The minimum absolute atomic E-state index is 0.0495. The number of para-hydroxylation sites is 1. The van der Waals surface area contributed by atoms with E-state index >= 15 is 0 Å². The van der Waals surface area contributed by atoms with Crippen LogP contribution in [0.25, 0.3) is 6.08 Å². The molecule has 2 aliphatic heterocycles. The van der Waals surface area contributed by atoms with E-state index in [9.17, 15) is 9.59 Å². The Morgan fingerprint density at radius 2 is 2.12 bits per heavy atom. The molecule has 0 bridgehead atoms. The molecule has 1 aromatic carbocycles. The van der Waals surface area contributed by atoms with Gasteiger partial charge in [0.05, 0.1) is 11.7 Å². The Morgan fingerprint density at radius 1 is 1.31 bits per heavy atom. The first-order valence-electron chi connectivity index (χ1n) is 9.07. The number of esters is 1. The van der Waals surface area contributed by atoms with E-state index < -0.39 is 12.1 Å². The van der Waals surface area contributed by atoms with Crippen molar-refractivity contribution in [2.75, 3.05) is 19.8 Å². The van der Waals surface area contributed by atoms with Gasteiger partial charge in [0.25, 0.3) is 5.91 Å². The number of hydrogen-bond donors (Lipinski definition) is 1.